The van der Waals surface area contributed by atoms with Gasteiger partial charge >= 0.3 is 0 Å². The zero-order chi connectivity index (χ0) is 11.7. The molecule has 0 saturated heterocycles. The molecule has 1 saturated carbocycles. The molecule has 1 aliphatic rings. The molecule has 1 aliphatic carbocycles. The average molecular weight is 283 g/mol. The highest BCUT2D eigenvalue weighted by Gasteiger charge is 2.36. The van der Waals surface area contributed by atoms with Gasteiger partial charge in [0.2, 0.25) is 0 Å². The van der Waals surface area contributed by atoms with Crippen molar-refractivity contribution in [3.63, 3.8) is 0 Å². The van der Waals surface area contributed by atoms with Gasteiger partial charge in [-0.05, 0) is 46.5 Å². The first-order valence-electron chi connectivity index (χ1n) is 5.47. The number of amides is 1. The Labute approximate surface area is 104 Å². The van der Waals surface area contributed by atoms with Crippen LogP contribution < -0.4 is 11.1 Å². The Morgan fingerprint density at radius 1 is 1.62 bits per heavy atom. The van der Waals surface area contributed by atoms with Gasteiger partial charge in [-0.15, -0.1) is 0 Å². The first-order valence-corrected chi connectivity index (χ1v) is 6.27. The van der Waals surface area contributed by atoms with E-state index in [0.717, 1.165) is 17.3 Å². The molecular weight excluding hydrogens is 268 g/mol. The van der Waals surface area contributed by atoms with E-state index in [0.29, 0.717) is 23.2 Å². The minimum absolute atomic E-state index is 0.0276. The van der Waals surface area contributed by atoms with Crippen molar-refractivity contribution in [2.75, 3.05) is 5.73 Å². The SMILES string of the molecule is CCC1CC1NC(=O)c1ccc(Br)c(N)c1. The minimum Gasteiger partial charge on any atom is -0.398 e. The van der Waals surface area contributed by atoms with E-state index < -0.39 is 0 Å². The molecule has 4 heteroatoms. The maximum atomic E-state index is 11.8. The quantitative estimate of drug-likeness (QED) is 0.838. The number of benzene rings is 1. The van der Waals surface area contributed by atoms with Crippen LogP contribution in [0.5, 0.6) is 0 Å². The van der Waals surface area contributed by atoms with Crippen molar-refractivity contribution in [1.82, 2.24) is 5.32 Å². The summed E-state index contributed by atoms with van der Waals surface area (Å²) in [6.07, 6.45) is 2.24. The molecule has 1 aromatic carbocycles. The lowest BCUT2D eigenvalue weighted by atomic mass is 10.2. The summed E-state index contributed by atoms with van der Waals surface area (Å²) in [5.74, 6) is 0.636. The van der Waals surface area contributed by atoms with Gasteiger partial charge in [0.25, 0.3) is 5.91 Å². The van der Waals surface area contributed by atoms with E-state index in [4.69, 9.17) is 5.73 Å². The smallest absolute Gasteiger partial charge is 0.251 e. The van der Waals surface area contributed by atoms with Gasteiger partial charge in [-0.1, -0.05) is 13.3 Å². The predicted octanol–water partition coefficient (Wildman–Crippen LogP) is 2.56. The Hall–Kier alpha value is -1.03. The highest BCUT2D eigenvalue weighted by Crippen LogP contribution is 2.33. The first kappa shape index (κ1) is 11.5. The molecule has 2 rings (SSSR count). The minimum atomic E-state index is -0.0276. The van der Waals surface area contributed by atoms with Gasteiger partial charge in [0.05, 0.1) is 0 Å². The standard InChI is InChI=1S/C12H15BrN2O/c1-2-7-6-11(7)15-12(16)8-3-4-9(13)10(14)5-8/h3-5,7,11H,2,6,14H2,1H3,(H,15,16). The Kier molecular flexibility index (Phi) is 3.19. The summed E-state index contributed by atoms with van der Waals surface area (Å²) in [5, 5.41) is 3.01. The number of nitrogens with one attached hydrogen (secondary N) is 1. The molecule has 3 nitrogen and oxygen atoms in total. The molecule has 86 valence electrons. The van der Waals surface area contributed by atoms with Crippen LogP contribution in [0.3, 0.4) is 0 Å². The monoisotopic (exact) mass is 282 g/mol. The molecule has 1 fully saturated rings. The van der Waals surface area contributed by atoms with Crippen molar-refractivity contribution in [2.24, 2.45) is 5.92 Å². The summed E-state index contributed by atoms with van der Waals surface area (Å²) in [4.78, 5) is 11.8. The van der Waals surface area contributed by atoms with E-state index in [-0.39, 0.29) is 5.91 Å². The Morgan fingerprint density at radius 2 is 2.38 bits per heavy atom. The van der Waals surface area contributed by atoms with Crippen LogP contribution >= 0.6 is 15.9 Å². The fourth-order valence-electron chi connectivity index (χ4n) is 1.81. The van der Waals surface area contributed by atoms with Gasteiger partial charge in [-0.2, -0.15) is 0 Å². The summed E-state index contributed by atoms with van der Waals surface area (Å²) in [6, 6.07) is 5.64. The van der Waals surface area contributed by atoms with Crippen LogP contribution in [0, 0.1) is 5.92 Å². The van der Waals surface area contributed by atoms with Crippen LogP contribution in [0.1, 0.15) is 30.1 Å². The number of hydrogen-bond acceptors (Lipinski definition) is 2. The number of halogens is 1. The van der Waals surface area contributed by atoms with Crippen molar-refractivity contribution in [1.29, 1.82) is 0 Å². The molecular formula is C12H15BrN2O. The third-order valence-electron chi connectivity index (χ3n) is 3.02. The Balaban J connectivity index is 2.01. The molecule has 0 aliphatic heterocycles. The lowest BCUT2D eigenvalue weighted by Crippen LogP contribution is -2.26. The van der Waals surface area contributed by atoms with Gasteiger partial charge in [0.15, 0.2) is 0 Å². The van der Waals surface area contributed by atoms with Crippen LogP contribution in [0.2, 0.25) is 0 Å². The van der Waals surface area contributed by atoms with E-state index in [1.165, 1.54) is 0 Å². The lowest BCUT2D eigenvalue weighted by Gasteiger charge is -2.05. The van der Waals surface area contributed by atoms with Gasteiger partial charge < -0.3 is 11.1 Å². The van der Waals surface area contributed by atoms with Crippen LogP contribution in [0.4, 0.5) is 5.69 Å². The summed E-state index contributed by atoms with van der Waals surface area (Å²) >= 11 is 3.31. The zero-order valence-corrected chi connectivity index (χ0v) is 10.8. The molecule has 1 amide bonds. The molecule has 3 N–H and O–H groups in total. The highest BCUT2D eigenvalue weighted by molar-refractivity contribution is 9.10. The van der Waals surface area contributed by atoms with E-state index in [2.05, 4.69) is 28.2 Å². The van der Waals surface area contributed by atoms with Gasteiger partial charge in [-0.3, -0.25) is 4.79 Å². The molecule has 0 spiro atoms. The summed E-state index contributed by atoms with van der Waals surface area (Å²) in [6.45, 7) is 2.15. The first-order chi connectivity index (χ1) is 7.61. The van der Waals surface area contributed by atoms with E-state index in [1.807, 2.05) is 0 Å². The van der Waals surface area contributed by atoms with Crippen molar-refractivity contribution >= 4 is 27.5 Å². The third kappa shape index (κ3) is 2.38. The number of rotatable bonds is 3. The lowest BCUT2D eigenvalue weighted by molar-refractivity contribution is 0.0949. The van der Waals surface area contributed by atoms with Crippen LogP contribution in [0.15, 0.2) is 22.7 Å². The molecule has 0 heterocycles. The maximum absolute atomic E-state index is 11.8. The summed E-state index contributed by atoms with van der Waals surface area (Å²) in [7, 11) is 0. The summed E-state index contributed by atoms with van der Waals surface area (Å²) in [5.41, 5.74) is 6.95. The second-order valence-electron chi connectivity index (χ2n) is 4.22. The second kappa shape index (κ2) is 4.45. The van der Waals surface area contributed by atoms with Crippen molar-refractivity contribution < 1.29 is 4.79 Å². The summed E-state index contributed by atoms with van der Waals surface area (Å²) < 4.78 is 0.821. The number of anilines is 1. The predicted molar refractivity (Wildman–Crippen MR) is 68.2 cm³/mol. The third-order valence-corrected chi connectivity index (χ3v) is 3.74. The number of carbonyl (C=O) groups is 1. The van der Waals surface area contributed by atoms with E-state index in [1.54, 1.807) is 18.2 Å². The molecule has 1 aromatic rings. The van der Waals surface area contributed by atoms with E-state index >= 15 is 0 Å². The van der Waals surface area contributed by atoms with Crippen LogP contribution in [0.25, 0.3) is 0 Å². The topological polar surface area (TPSA) is 55.1 Å². The largest absolute Gasteiger partial charge is 0.398 e. The normalized spacial score (nSPS) is 22.9. The number of nitrogens with two attached hydrogens (primary N) is 1. The van der Waals surface area contributed by atoms with E-state index in [9.17, 15) is 4.79 Å². The fraction of sp³-hybridized carbons (Fsp3) is 0.417. The molecule has 0 aromatic heterocycles. The molecule has 16 heavy (non-hydrogen) atoms. The zero-order valence-electron chi connectivity index (χ0n) is 9.16. The molecule has 2 atom stereocenters. The highest BCUT2D eigenvalue weighted by atomic mass is 79.9. The van der Waals surface area contributed by atoms with Crippen molar-refractivity contribution in [3.8, 4) is 0 Å². The van der Waals surface area contributed by atoms with Crippen LogP contribution in [-0.4, -0.2) is 11.9 Å². The molecule has 2 unspecified atom stereocenters. The average Bonchev–Trinajstić information content (AvgIpc) is 3.00. The number of nitrogen functional groups attached to an aromatic ring is 1. The Morgan fingerprint density at radius 3 is 2.94 bits per heavy atom. The Bertz CT molecular complexity index is 419. The molecule has 0 radical (unpaired) electrons. The maximum Gasteiger partial charge on any atom is 0.251 e. The number of carbonyl (C=O) groups excluding carboxylic acids is 1. The number of hydrogen-bond donors (Lipinski definition) is 2. The van der Waals surface area contributed by atoms with Gasteiger partial charge in [-0.25, -0.2) is 0 Å². The van der Waals surface area contributed by atoms with Crippen molar-refractivity contribution in [3.05, 3.63) is 28.2 Å². The fourth-order valence-corrected chi connectivity index (χ4v) is 2.06. The second-order valence-corrected chi connectivity index (χ2v) is 5.07. The van der Waals surface area contributed by atoms with Gasteiger partial charge in [0.1, 0.15) is 0 Å². The van der Waals surface area contributed by atoms with Gasteiger partial charge in [0, 0.05) is 21.8 Å². The molecule has 0 bridgehead atoms. The van der Waals surface area contributed by atoms with Crippen LogP contribution in [-0.2, 0) is 0 Å². The van der Waals surface area contributed by atoms with Crippen molar-refractivity contribution in [2.45, 2.75) is 25.8 Å².